The lowest BCUT2D eigenvalue weighted by molar-refractivity contribution is 0.570. The van der Waals surface area contributed by atoms with Crippen molar-refractivity contribution in [2.24, 2.45) is 5.14 Å². The monoisotopic (exact) mass is 294 g/mol. The number of aromatic nitrogens is 2. The van der Waals surface area contributed by atoms with E-state index in [9.17, 15) is 8.42 Å². The van der Waals surface area contributed by atoms with Gasteiger partial charge < -0.3 is 4.57 Å². The van der Waals surface area contributed by atoms with Crippen molar-refractivity contribution < 1.29 is 8.42 Å². The second-order valence-corrected chi connectivity index (χ2v) is 5.87. The summed E-state index contributed by atoms with van der Waals surface area (Å²) in [4.78, 5) is 4.13. The van der Waals surface area contributed by atoms with Crippen LogP contribution >= 0.6 is 0 Å². The maximum atomic E-state index is 10.9. The van der Waals surface area contributed by atoms with Crippen molar-refractivity contribution in [3.8, 4) is 0 Å². The lowest BCUT2D eigenvalue weighted by Crippen LogP contribution is -2.31. The molecule has 108 valence electrons. The van der Waals surface area contributed by atoms with E-state index in [0.29, 0.717) is 5.82 Å². The van der Waals surface area contributed by atoms with E-state index < -0.39 is 10.2 Å². The highest BCUT2D eigenvalue weighted by atomic mass is 32.2. The van der Waals surface area contributed by atoms with Gasteiger partial charge in [-0.1, -0.05) is 30.3 Å². The van der Waals surface area contributed by atoms with Gasteiger partial charge >= 0.3 is 0 Å². The lowest BCUT2D eigenvalue weighted by Gasteiger charge is -2.08. The zero-order valence-corrected chi connectivity index (χ0v) is 11.9. The number of imidazole rings is 1. The highest BCUT2D eigenvalue weighted by molar-refractivity contribution is 7.87. The van der Waals surface area contributed by atoms with Gasteiger partial charge in [-0.15, -0.1) is 0 Å². The van der Waals surface area contributed by atoms with E-state index in [1.165, 1.54) is 5.56 Å². The number of benzene rings is 1. The molecule has 1 heterocycles. The molecule has 0 radical (unpaired) electrons. The molecule has 0 amide bonds. The third-order valence-electron chi connectivity index (χ3n) is 2.94. The minimum atomic E-state index is -3.68. The van der Waals surface area contributed by atoms with Crippen molar-refractivity contribution in [2.45, 2.75) is 25.9 Å². The molecule has 2 aromatic rings. The Morgan fingerprint density at radius 2 is 2.00 bits per heavy atom. The van der Waals surface area contributed by atoms with Crippen LogP contribution in [-0.4, -0.2) is 18.0 Å². The van der Waals surface area contributed by atoms with Crippen LogP contribution in [0.25, 0.3) is 0 Å². The Morgan fingerprint density at radius 1 is 1.25 bits per heavy atom. The molecule has 20 heavy (non-hydrogen) atoms. The van der Waals surface area contributed by atoms with Gasteiger partial charge in [0.1, 0.15) is 5.82 Å². The number of nitrogens with one attached hydrogen (secondary N) is 1. The summed E-state index contributed by atoms with van der Waals surface area (Å²) in [6.45, 7) is 0.897. The summed E-state index contributed by atoms with van der Waals surface area (Å²) in [5.74, 6) is 0.659. The fourth-order valence-corrected chi connectivity index (χ4v) is 2.30. The van der Waals surface area contributed by atoms with Gasteiger partial charge in [0.05, 0.1) is 6.54 Å². The predicted octanol–water partition coefficient (Wildman–Crippen LogP) is 0.809. The number of hydrogen-bond acceptors (Lipinski definition) is 3. The molecule has 0 aliphatic heterocycles. The van der Waals surface area contributed by atoms with E-state index in [1.807, 2.05) is 29.0 Å². The normalized spacial score (nSPS) is 11.7. The Bertz CT molecular complexity index is 637. The molecular formula is C13H18N4O2S. The summed E-state index contributed by atoms with van der Waals surface area (Å²) in [5, 5.41) is 4.90. The molecule has 0 saturated carbocycles. The van der Waals surface area contributed by atoms with Crippen molar-refractivity contribution in [3.05, 3.63) is 54.1 Å². The minimum Gasteiger partial charge on any atom is -0.334 e. The van der Waals surface area contributed by atoms with Gasteiger partial charge in [-0.25, -0.2) is 10.1 Å². The van der Waals surface area contributed by atoms with Crippen molar-refractivity contribution in [3.63, 3.8) is 0 Å². The Balaban J connectivity index is 1.86. The first-order chi connectivity index (χ1) is 9.54. The van der Waals surface area contributed by atoms with Gasteiger partial charge in [0.25, 0.3) is 10.2 Å². The molecule has 0 spiro atoms. The van der Waals surface area contributed by atoms with Crippen LogP contribution < -0.4 is 9.86 Å². The molecule has 3 N–H and O–H groups in total. The Kier molecular flexibility index (Phi) is 4.89. The Hall–Kier alpha value is -1.70. The van der Waals surface area contributed by atoms with Gasteiger partial charge in [-0.05, 0) is 18.4 Å². The van der Waals surface area contributed by atoms with Gasteiger partial charge in [-0.2, -0.15) is 13.1 Å². The first kappa shape index (κ1) is 14.7. The molecule has 1 aromatic heterocycles. The van der Waals surface area contributed by atoms with E-state index >= 15 is 0 Å². The first-order valence-electron chi connectivity index (χ1n) is 6.36. The van der Waals surface area contributed by atoms with E-state index in [2.05, 4.69) is 21.8 Å². The molecule has 1 aromatic carbocycles. The van der Waals surface area contributed by atoms with Crippen LogP contribution in [0.4, 0.5) is 0 Å². The molecule has 0 aliphatic carbocycles. The molecule has 0 unspecified atom stereocenters. The van der Waals surface area contributed by atoms with Crippen LogP contribution in [0.3, 0.4) is 0 Å². The summed E-state index contributed by atoms with van der Waals surface area (Å²) in [6, 6.07) is 10.2. The van der Waals surface area contributed by atoms with Crippen LogP contribution in [0.15, 0.2) is 42.7 Å². The fraction of sp³-hybridized carbons (Fsp3) is 0.308. The molecule has 2 rings (SSSR count). The Morgan fingerprint density at radius 3 is 2.70 bits per heavy atom. The number of nitrogens with zero attached hydrogens (tertiary/aromatic N) is 2. The largest absolute Gasteiger partial charge is 0.334 e. The second-order valence-electron chi connectivity index (χ2n) is 4.49. The molecule has 0 fully saturated rings. The number of aryl methyl sites for hydroxylation is 2. The molecule has 6 nitrogen and oxygen atoms in total. The highest BCUT2D eigenvalue weighted by Gasteiger charge is 2.06. The quantitative estimate of drug-likeness (QED) is 0.791. The SMILES string of the molecule is NS(=O)(=O)NCc1nccn1CCCc1ccccc1. The smallest absolute Gasteiger partial charge is 0.274 e. The van der Waals surface area contributed by atoms with Crippen molar-refractivity contribution in [1.82, 2.24) is 14.3 Å². The van der Waals surface area contributed by atoms with E-state index in [-0.39, 0.29) is 6.54 Å². The summed E-state index contributed by atoms with van der Waals surface area (Å²) in [5.41, 5.74) is 1.29. The third kappa shape index (κ3) is 4.76. The maximum Gasteiger partial charge on any atom is 0.274 e. The third-order valence-corrected chi connectivity index (χ3v) is 3.49. The molecular weight excluding hydrogens is 276 g/mol. The van der Waals surface area contributed by atoms with Crippen LogP contribution in [0.1, 0.15) is 17.8 Å². The summed E-state index contributed by atoms with van der Waals surface area (Å²) < 4.78 is 25.9. The standard InChI is InChI=1S/C13H18N4O2S/c14-20(18,19)16-11-13-15-8-10-17(13)9-4-7-12-5-2-1-3-6-12/h1-3,5-6,8,10,16H,4,7,9,11H2,(H2,14,18,19). The molecule has 0 aliphatic rings. The summed E-state index contributed by atoms with van der Waals surface area (Å²) in [7, 11) is -3.68. The van der Waals surface area contributed by atoms with E-state index in [1.54, 1.807) is 6.20 Å². The number of rotatable bonds is 7. The minimum absolute atomic E-state index is 0.108. The van der Waals surface area contributed by atoms with Gasteiger partial charge in [0.2, 0.25) is 0 Å². The maximum absolute atomic E-state index is 10.9. The van der Waals surface area contributed by atoms with Crippen molar-refractivity contribution in [1.29, 1.82) is 0 Å². The predicted molar refractivity (Wildman–Crippen MR) is 76.9 cm³/mol. The van der Waals surface area contributed by atoms with E-state index in [4.69, 9.17) is 5.14 Å². The fourth-order valence-electron chi connectivity index (χ4n) is 1.97. The topological polar surface area (TPSA) is 90.0 Å². The summed E-state index contributed by atoms with van der Waals surface area (Å²) in [6.07, 6.45) is 5.43. The molecule has 0 atom stereocenters. The zero-order chi connectivity index (χ0) is 14.4. The van der Waals surface area contributed by atoms with Crippen molar-refractivity contribution >= 4 is 10.2 Å². The second kappa shape index (κ2) is 6.65. The zero-order valence-electron chi connectivity index (χ0n) is 11.1. The molecule has 7 heteroatoms. The molecule has 0 saturated heterocycles. The van der Waals surface area contributed by atoms with Gasteiger partial charge in [0.15, 0.2) is 0 Å². The highest BCUT2D eigenvalue weighted by Crippen LogP contribution is 2.05. The number of nitrogens with two attached hydrogens (primary N) is 1. The lowest BCUT2D eigenvalue weighted by atomic mass is 10.1. The summed E-state index contributed by atoms with van der Waals surface area (Å²) >= 11 is 0. The Labute approximate surface area is 118 Å². The first-order valence-corrected chi connectivity index (χ1v) is 7.90. The molecule has 0 bridgehead atoms. The van der Waals surface area contributed by atoms with Crippen molar-refractivity contribution in [2.75, 3.05) is 0 Å². The van der Waals surface area contributed by atoms with Crippen LogP contribution in [0.2, 0.25) is 0 Å². The van der Waals surface area contributed by atoms with E-state index in [0.717, 1.165) is 19.4 Å². The van der Waals surface area contributed by atoms with Crippen LogP contribution in [0, 0.1) is 0 Å². The average Bonchev–Trinajstić information content (AvgIpc) is 2.84. The number of hydrogen-bond donors (Lipinski definition) is 2. The van der Waals surface area contributed by atoms with Gasteiger partial charge in [0, 0.05) is 18.9 Å². The van der Waals surface area contributed by atoms with Gasteiger partial charge in [-0.3, -0.25) is 0 Å². The van der Waals surface area contributed by atoms with Crippen LogP contribution in [0.5, 0.6) is 0 Å². The average molecular weight is 294 g/mol. The van der Waals surface area contributed by atoms with Crippen LogP contribution in [-0.2, 0) is 29.7 Å².